The number of halogens is 3. The van der Waals surface area contributed by atoms with Gasteiger partial charge >= 0.3 is 0 Å². The van der Waals surface area contributed by atoms with Crippen LogP contribution in [0.1, 0.15) is 0 Å². The molecule has 21 heavy (non-hydrogen) atoms. The van der Waals surface area contributed by atoms with Crippen molar-refractivity contribution in [1.29, 1.82) is 0 Å². The average molecular weight is 319 g/mol. The first-order chi connectivity index (χ1) is 9.82. The first-order valence-corrected chi connectivity index (χ1v) is 7.34. The third kappa shape index (κ3) is 3.24. The number of sulfonamides is 1. The van der Waals surface area contributed by atoms with E-state index in [2.05, 4.69) is 5.10 Å². The van der Waals surface area contributed by atoms with Gasteiger partial charge in [0.1, 0.15) is 0 Å². The van der Waals surface area contributed by atoms with Gasteiger partial charge in [-0.15, -0.1) is 0 Å². The molecule has 1 aromatic carbocycles. The lowest BCUT2D eigenvalue weighted by molar-refractivity contribution is 0.425. The molecule has 0 N–H and O–H groups in total. The monoisotopic (exact) mass is 319 g/mol. The fourth-order valence-corrected chi connectivity index (χ4v) is 2.84. The van der Waals surface area contributed by atoms with Gasteiger partial charge in [-0.05, 0) is 18.2 Å². The van der Waals surface area contributed by atoms with Crippen molar-refractivity contribution in [2.75, 3.05) is 13.6 Å². The largest absolute Gasteiger partial charge is 0.271 e. The van der Waals surface area contributed by atoms with Crippen molar-refractivity contribution >= 4 is 10.0 Å². The van der Waals surface area contributed by atoms with Gasteiger partial charge in [0.15, 0.2) is 17.5 Å². The highest BCUT2D eigenvalue weighted by Crippen LogP contribution is 2.20. The highest BCUT2D eigenvalue weighted by atomic mass is 32.2. The molecule has 5 nitrogen and oxygen atoms in total. The predicted molar refractivity (Wildman–Crippen MR) is 68.4 cm³/mol. The summed E-state index contributed by atoms with van der Waals surface area (Å²) in [4.78, 5) is -0.637. The fraction of sp³-hybridized carbons (Fsp3) is 0.250. The summed E-state index contributed by atoms with van der Waals surface area (Å²) < 4.78 is 65.9. The van der Waals surface area contributed by atoms with Gasteiger partial charge in [0, 0.05) is 26.0 Å². The minimum atomic E-state index is -4.11. The van der Waals surface area contributed by atoms with Crippen molar-refractivity contribution in [3.8, 4) is 0 Å². The van der Waals surface area contributed by atoms with Crippen LogP contribution in [0, 0.1) is 17.5 Å². The summed E-state index contributed by atoms with van der Waals surface area (Å²) in [7, 11) is -2.85. The number of hydrogen-bond acceptors (Lipinski definition) is 3. The molecule has 0 aliphatic heterocycles. The average Bonchev–Trinajstić information content (AvgIpc) is 2.94. The van der Waals surface area contributed by atoms with Crippen molar-refractivity contribution in [3.05, 3.63) is 48.0 Å². The molecule has 2 aromatic rings. The van der Waals surface area contributed by atoms with E-state index < -0.39 is 32.4 Å². The Morgan fingerprint density at radius 3 is 2.38 bits per heavy atom. The number of hydrogen-bond donors (Lipinski definition) is 0. The van der Waals surface area contributed by atoms with E-state index in [0.717, 1.165) is 4.31 Å². The summed E-state index contributed by atoms with van der Waals surface area (Å²) in [6.07, 6.45) is 3.19. The van der Waals surface area contributed by atoms with E-state index in [-0.39, 0.29) is 13.1 Å². The summed E-state index contributed by atoms with van der Waals surface area (Å²) in [5.41, 5.74) is 0. The Morgan fingerprint density at radius 1 is 1.24 bits per heavy atom. The van der Waals surface area contributed by atoms with Crippen LogP contribution in [0.2, 0.25) is 0 Å². The van der Waals surface area contributed by atoms with Crippen molar-refractivity contribution in [2.45, 2.75) is 11.4 Å². The zero-order valence-corrected chi connectivity index (χ0v) is 11.8. The molecule has 0 radical (unpaired) electrons. The molecule has 0 atom stereocenters. The molecule has 2 rings (SSSR count). The molecule has 9 heteroatoms. The van der Waals surface area contributed by atoms with E-state index in [4.69, 9.17) is 0 Å². The SMILES string of the molecule is CN(CCn1cccn1)S(=O)(=O)c1cc(F)c(F)c(F)c1. The van der Waals surface area contributed by atoms with Crippen molar-refractivity contribution in [2.24, 2.45) is 0 Å². The molecule has 114 valence electrons. The second-order valence-electron chi connectivity index (χ2n) is 4.30. The van der Waals surface area contributed by atoms with Crippen LogP contribution in [0.5, 0.6) is 0 Å². The van der Waals surface area contributed by atoms with E-state index in [1.165, 1.54) is 11.7 Å². The molecule has 0 aliphatic rings. The molecule has 0 saturated heterocycles. The third-order valence-electron chi connectivity index (χ3n) is 2.87. The second kappa shape index (κ2) is 5.86. The Hall–Kier alpha value is -1.87. The summed E-state index contributed by atoms with van der Waals surface area (Å²) in [5, 5.41) is 3.91. The Bertz CT molecular complexity index is 709. The summed E-state index contributed by atoms with van der Waals surface area (Å²) in [5.74, 6) is -4.80. The van der Waals surface area contributed by atoms with Gasteiger partial charge in [0.25, 0.3) is 0 Å². The molecule has 1 aromatic heterocycles. The van der Waals surface area contributed by atoms with Gasteiger partial charge in [-0.25, -0.2) is 21.6 Å². The summed E-state index contributed by atoms with van der Waals surface area (Å²) in [6, 6.07) is 2.59. The Labute approximate surface area is 119 Å². The number of benzene rings is 1. The maximum atomic E-state index is 13.1. The minimum Gasteiger partial charge on any atom is -0.271 e. The first kappa shape index (κ1) is 15.5. The van der Waals surface area contributed by atoms with Crippen LogP contribution in [0.3, 0.4) is 0 Å². The van der Waals surface area contributed by atoms with E-state index in [1.807, 2.05) is 0 Å². The standard InChI is InChI=1S/C12H12F3N3O2S/c1-17(5-6-18-4-2-3-16-18)21(19,20)9-7-10(13)12(15)11(14)8-9/h2-4,7-8H,5-6H2,1H3. The van der Waals surface area contributed by atoms with Gasteiger partial charge in [0.2, 0.25) is 10.0 Å². The quantitative estimate of drug-likeness (QED) is 0.787. The summed E-state index contributed by atoms with van der Waals surface area (Å²) in [6.45, 7) is 0.319. The third-order valence-corrected chi connectivity index (χ3v) is 4.70. The van der Waals surface area contributed by atoms with Gasteiger partial charge < -0.3 is 0 Å². The maximum Gasteiger partial charge on any atom is 0.243 e. The number of aromatic nitrogens is 2. The maximum absolute atomic E-state index is 13.1. The zero-order chi connectivity index (χ0) is 15.6. The lowest BCUT2D eigenvalue weighted by atomic mass is 10.3. The Kier molecular flexibility index (Phi) is 4.33. The van der Waals surface area contributed by atoms with E-state index in [9.17, 15) is 21.6 Å². The predicted octanol–water partition coefficient (Wildman–Crippen LogP) is 1.62. The van der Waals surface area contributed by atoms with Gasteiger partial charge in [-0.1, -0.05) is 0 Å². The highest BCUT2D eigenvalue weighted by molar-refractivity contribution is 7.89. The van der Waals surface area contributed by atoms with Crippen LogP contribution in [0.25, 0.3) is 0 Å². The molecule has 0 saturated carbocycles. The first-order valence-electron chi connectivity index (χ1n) is 5.90. The minimum absolute atomic E-state index is 0.0463. The molecular formula is C12H12F3N3O2S. The molecule has 0 fully saturated rings. The van der Waals surface area contributed by atoms with Crippen LogP contribution in [0.15, 0.2) is 35.5 Å². The Balaban J connectivity index is 2.20. The molecule has 0 spiro atoms. The van der Waals surface area contributed by atoms with Crippen molar-refractivity contribution in [1.82, 2.24) is 14.1 Å². The molecule has 0 unspecified atom stereocenters. The van der Waals surface area contributed by atoms with E-state index in [1.54, 1.807) is 18.5 Å². The molecular weight excluding hydrogens is 307 g/mol. The van der Waals surface area contributed by atoms with Gasteiger partial charge in [-0.3, -0.25) is 4.68 Å². The van der Waals surface area contributed by atoms with Crippen LogP contribution in [-0.2, 0) is 16.6 Å². The number of nitrogens with zero attached hydrogens (tertiary/aromatic N) is 3. The van der Waals surface area contributed by atoms with E-state index >= 15 is 0 Å². The number of likely N-dealkylation sites (N-methyl/N-ethyl adjacent to an activating group) is 1. The van der Waals surface area contributed by atoms with Crippen molar-refractivity contribution in [3.63, 3.8) is 0 Å². The van der Waals surface area contributed by atoms with Crippen LogP contribution in [0.4, 0.5) is 13.2 Å². The molecule has 0 aliphatic carbocycles. The smallest absolute Gasteiger partial charge is 0.243 e. The number of rotatable bonds is 5. The van der Waals surface area contributed by atoms with Crippen LogP contribution in [-0.4, -0.2) is 36.1 Å². The van der Waals surface area contributed by atoms with Crippen LogP contribution >= 0.6 is 0 Å². The van der Waals surface area contributed by atoms with Gasteiger partial charge in [-0.2, -0.15) is 9.40 Å². The zero-order valence-electron chi connectivity index (χ0n) is 11.0. The lowest BCUT2D eigenvalue weighted by Gasteiger charge is -2.17. The summed E-state index contributed by atoms with van der Waals surface area (Å²) >= 11 is 0. The van der Waals surface area contributed by atoms with Crippen molar-refractivity contribution < 1.29 is 21.6 Å². The van der Waals surface area contributed by atoms with E-state index in [0.29, 0.717) is 12.1 Å². The molecule has 0 bridgehead atoms. The molecule has 1 heterocycles. The normalized spacial score (nSPS) is 12.0. The second-order valence-corrected chi connectivity index (χ2v) is 6.34. The topological polar surface area (TPSA) is 55.2 Å². The lowest BCUT2D eigenvalue weighted by Crippen LogP contribution is -2.30. The Morgan fingerprint density at radius 2 is 1.86 bits per heavy atom. The van der Waals surface area contributed by atoms with Crippen LogP contribution < -0.4 is 0 Å². The highest BCUT2D eigenvalue weighted by Gasteiger charge is 2.24. The van der Waals surface area contributed by atoms with Gasteiger partial charge in [0.05, 0.1) is 11.4 Å². The fourth-order valence-electron chi connectivity index (χ4n) is 1.66. The molecule has 0 amide bonds.